The lowest BCUT2D eigenvalue weighted by atomic mass is 10.0. The Labute approximate surface area is 142 Å². The number of nitrogens with one attached hydrogen (secondary N) is 2. The van der Waals surface area contributed by atoms with Gasteiger partial charge in [-0.05, 0) is 28.8 Å². The van der Waals surface area contributed by atoms with E-state index in [0.29, 0.717) is 6.54 Å². The summed E-state index contributed by atoms with van der Waals surface area (Å²) in [5, 5.41) is 17.8. The van der Waals surface area contributed by atoms with Crippen molar-refractivity contribution in [2.45, 2.75) is 32.3 Å². The summed E-state index contributed by atoms with van der Waals surface area (Å²) >= 11 is 0. The molecule has 0 bridgehead atoms. The number of rotatable bonds is 8. The van der Waals surface area contributed by atoms with E-state index in [1.165, 1.54) is 0 Å². The van der Waals surface area contributed by atoms with Gasteiger partial charge in [0.1, 0.15) is 0 Å². The molecule has 24 heavy (non-hydrogen) atoms. The monoisotopic (exact) mass is 328 g/mol. The van der Waals surface area contributed by atoms with Crippen LogP contribution < -0.4 is 10.6 Å². The highest BCUT2D eigenvalue weighted by Crippen LogP contribution is 2.20. The lowest BCUT2D eigenvalue weighted by molar-refractivity contribution is -0.126. The zero-order valence-electron chi connectivity index (χ0n) is 13.9. The molecule has 2 amide bonds. The zero-order chi connectivity index (χ0) is 17.4. The molecular weight excluding hydrogens is 304 g/mol. The molecule has 0 aliphatic carbocycles. The van der Waals surface area contributed by atoms with Crippen LogP contribution in [0.3, 0.4) is 0 Å². The fourth-order valence-corrected chi connectivity index (χ4v) is 2.41. The molecule has 0 aliphatic heterocycles. The molecule has 0 saturated heterocycles. The van der Waals surface area contributed by atoms with Gasteiger partial charge >= 0.3 is 0 Å². The van der Waals surface area contributed by atoms with Crippen LogP contribution in [0.2, 0.25) is 0 Å². The summed E-state index contributed by atoms with van der Waals surface area (Å²) in [6.45, 7) is 2.73. The number of carbonyl (C=O) groups excluding carboxylic acids is 2. The summed E-state index contributed by atoms with van der Waals surface area (Å²) in [6, 6.07) is 13.6. The maximum atomic E-state index is 11.8. The molecule has 3 N–H and O–H groups in total. The third kappa shape index (κ3) is 5.35. The Hall–Kier alpha value is -2.40. The molecule has 5 nitrogen and oxygen atoms in total. The lowest BCUT2D eigenvalue weighted by Crippen LogP contribution is -2.30. The van der Waals surface area contributed by atoms with Gasteiger partial charge in [0.05, 0.1) is 6.10 Å². The quantitative estimate of drug-likeness (QED) is 0.696. The van der Waals surface area contributed by atoms with Crippen LogP contribution in [-0.2, 0) is 9.59 Å². The largest absolute Gasteiger partial charge is 0.387 e. The molecule has 0 radical (unpaired) electrons. The topological polar surface area (TPSA) is 78.4 Å². The minimum atomic E-state index is -0.771. The molecule has 0 heterocycles. The number of fused-ring (bicyclic) bond motifs is 1. The molecular formula is C19H24N2O3. The highest BCUT2D eigenvalue weighted by Gasteiger charge is 2.11. The summed E-state index contributed by atoms with van der Waals surface area (Å²) < 4.78 is 0. The molecule has 0 spiro atoms. The highest BCUT2D eigenvalue weighted by atomic mass is 16.3. The molecule has 0 aromatic heterocycles. The van der Waals surface area contributed by atoms with E-state index in [1.54, 1.807) is 0 Å². The first-order chi connectivity index (χ1) is 11.6. The first-order valence-electron chi connectivity index (χ1n) is 8.30. The van der Waals surface area contributed by atoms with Gasteiger partial charge in [-0.3, -0.25) is 9.59 Å². The molecule has 0 aliphatic rings. The standard InChI is InChI=1S/C19H24N2O3/c1-2-11-20-18(23)9-10-19(24)21-13-17(22)16-8-7-14-5-3-4-6-15(14)12-16/h3-8,12,17,22H,2,9-11,13H2,1H3,(H,20,23)(H,21,24). The van der Waals surface area contributed by atoms with E-state index in [4.69, 9.17) is 0 Å². The van der Waals surface area contributed by atoms with Gasteiger partial charge in [-0.1, -0.05) is 43.3 Å². The van der Waals surface area contributed by atoms with Crippen molar-refractivity contribution in [3.8, 4) is 0 Å². The second-order valence-corrected chi connectivity index (χ2v) is 5.78. The fourth-order valence-electron chi connectivity index (χ4n) is 2.41. The van der Waals surface area contributed by atoms with Crippen LogP contribution in [0.5, 0.6) is 0 Å². The van der Waals surface area contributed by atoms with Crippen molar-refractivity contribution >= 4 is 22.6 Å². The molecule has 2 aromatic carbocycles. The van der Waals surface area contributed by atoms with Gasteiger partial charge in [0, 0.05) is 25.9 Å². The van der Waals surface area contributed by atoms with Gasteiger partial charge in [0.15, 0.2) is 0 Å². The lowest BCUT2D eigenvalue weighted by Gasteiger charge is -2.13. The van der Waals surface area contributed by atoms with Gasteiger partial charge in [0.2, 0.25) is 11.8 Å². The van der Waals surface area contributed by atoms with Crippen LogP contribution in [0.1, 0.15) is 37.9 Å². The van der Waals surface area contributed by atoms with E-state index in [2.05, 4.69) is 10.6 Å². The number of hydrogen-bond acceptors (Lipinski definition) is 3. The molecule has 5 heteroatoms. The normalized spacial score (nSPS) is 11.9. The molecule has 128 valence electrons. The Kier molecular flexibility index (Phi) is 6.75. The van der Waals surface area contributed by atoms with Gasteiger partial charge in [-0.2, -0.15) is 0 Å². The SMILES string of the molecule is CCCNC(=O)CCC(=O)NCC(O)c1ccc2ccccc2c1. The van der Waals surface area contributed by atoms with E-state index in [-0.39, 0.29) is 31.2 Å². The Morgan fingerprint density at radius 1 is 1.00 bits per heavy atom. The minimum Gasteiger partial charge on any atom is -0.387 e. The van der Waals surface area contributed by atoms with Gasteiger partial charge in [-0.15, -0.1) is 0 Å². The van der Waals surface area contributed by atoms with Crippen LogP contribution in [0.25, 0.3) is 10.8 Å². The highest BCUT2D eigenvalue weighted by molar-refractivity contribution is 5.84. The van der Waals surface area contributed by atoms with E-state index in [1.807, 2.05) is 49.4 Å². The molecule has 1 atom stereocenters. The Bertz CT molecular complexity index is 700. The number of benzene rings is 2. The van der Waals surface area contributed by atoms with E-state index >= 15 is 0 Å². The number of aliphatic hydroxyl groups excluding tert-OH is 1. The third-order valence-electron chi connectivity index (χ3n) is 3.80. The maximum Gasteiger partial charge on any atom is 0.220 e. The summed E-state index contributed by atoms with van der Waals surface area (Å²) in [6.07, 6.45) is 0.390. The molecule has 2 rings (SSSR count). The van der Waals surface area contributed by atoms with Crippen LogP contribution in [0, 0.1) is 0 Å². The van der Waals surface area contributed by atoms with Crippen LogP contribution in [0.4, 0.5) is 0 Å². The number of hydrogen-bond donors (Lipinski definition) is 3. The average molecular weight is 328 g/mol. The first kappa shape index (κ1) is 17.9. The van der Waals surface area contributed by atoms with Crippen molar-refractivity contribution in [1.29, 1.82) is 0 Å². The van der Waals surface area contributed by atoms with E-state index in [0.717, 1.165) is 22.8 Å². The van der Waals surface area contributed by atoms with Crippen molar-refractivity contribution in [3.63, 3.8) is 0 Å². The smallest absolute Gasteiger partial charge is 0.220 e. The molecule has 2 aromatic rings. The number of carbonyl (C=O) groups is 2. The second-order valence-electron chi connectivity index (χ2n) is 5.78. The van der Waals surface area contributed by atoms with Crippen molar-refractivity contribution in [2.75, 3.05) is 13.1 Å². The molecule has 1 unspecified atom stereocenters. The summed E-state index contributed by atoms with van der Waals surface area (Å²) in [7, 11) is 0. The third-order valence-corrected chi connectivity index (χ3v) is 3.80. The Morgan fingerprint density at radius 3 is 2.38 bits per heavy atom. The van der Waals surface area contributed by atoms with Crippen LogP contribution in [0.15, 0.2) is 42.5 Å². The predicted molar refractivity (Wildman–Crippen MR) is 94.5 cm³/mol. The Morgan fingerprint density at radius 2 is 1.67 bits per heavy atom. The average Bonchev–Trinajstić information content (AvgIpc) is 2.62. The summed E-state index contributed by atoms with van der Waals surface area (Å²) in [5.74, 6) is -0.358. The Balaban J connectivity index is 1.80. The summed E-state index contributed by atoms with van der Waals surface area (Å²) in [5.41, 5.74) is 0.759. The van der Waals surface area contributed by atoms with E-state index < -0.39 is 6.10 Å². The van der Waals surface area contributed by atoms with Gasteiger partial charge < -0.3 is 15.7 Å². The van der Waals surface area contributed by atoms with Gasteiger partial charge in [-0.25, -0.2) is 0 Å². The summed E-state index contributed by atoms with van der Waals surface area (Å²) in [4.78, 5) is 23.2. The number of amides is 2. The van der Waals surface area contributed by atoms with Crippen LogP contribution >= 0.6 is 0 Å². The molecule has 0 fully saturated rings. The van der Waals surface area contributed by atoms with Crippen molar-refractivity contribution in [1.82, 2.24) is 10.6 Å². The van der Waals surface area contributed by atoms with Crippen molar-refractivity contribution in [2.24, 2.45) is 0 Å². The van der Waals surface area contributed by atoms with Crippen molar-refractivity contribution in [3.05, 3.63) is 48.0 Å². The minimum absolute atomic E-state index is 0.123. The maximum absolute atomic E-state index is 11.8. The van der Waals surface area contributed by atoms with Gasteiger partial charge in [0.25, 0.3) is 0 Å². The second kappa shape index (κ2) is 9.03. The van der Waals surface area contributed by atoms with E-state index in [9.17, 15) is 14.7 Å². The number of aliphatic hydroxyl groups is 1. The molecule has 0 saturated carbocycles. The first-order valence-corrected chi connectivity index (χ1v) is 8.30. The van der Waals surface area contributed by atoms with Crippen LogP contribution in [-0.4, -0.2) is 30.0 Å². The zero-order valence-corrected chi connectivity index (χ0v) is 13.9. The predicted octanol–water partition coefficient (Wildman–Crippen LogP) is 2.30. The fraction of sp³-hybridized carbons (Fsp3) is 0.368. The van der Waals surface area contributed by atoms with Crippen molar-refractivity contribution < 1.29 is 14.7 Å².